The summed E-state index contributed by atoms with van der Waals surface area (Å²) >= 11 is 0. The normalized spacial score (nSPS) is 14.1. The van der Waals surface area contributed by atoms with Crippen LogP contribution in [0.4, 0.5) is 0 Å². The van der Waals surface area contributed by atoms with Crippen molar-refractivity contribution in [3.63, 3.8) is 0 Å². The summed E-state index contributed by atoms with van der Waals surface area (Å²) in [5.74, 6) is 0. The van der Waals surface area contributed by atoms with Crippen LogP contribution in [0.1, 0.15) is 110 Å². The molecule has 2 atom stereocenters. The Bertz CT molecular complexity index is 372. The number of aliphatic hydroxyl groups excluding tert-OH is 1. The minimum atomic E-state index is -4.14. The van der Waals surface area contributed by atoms with Gasteiger partial charge in [-0.05, 0) is 26.2 Å². The molecule has 0 aliphatic heterocycles. The molecule has 0 bridgehead atoms. The van der Waals surface area contributed by atoms with Crippen molar-refractivity contribution < 1.29 is 47.6 Å². The summed E-state index contributed by atoms with van der Waals surface area (Å²) in [7, 11) is -4.14. The van der Waals surface area contributed by atoms with E-state index in [-0.39, 0.29) is 35.7 Å². The zero-order chi connectivity index (χ0) is 18.3. The van der Waals surface area contributed by atoms with Gasteiger partial charge in [0, 0.05) is 5.25 Å². The molecule has 0 heterocycles. The number of rotatable bonds is 17. The van der Waals surface area contributed by atoms with Crippen LogP contribution >= 0.6 is 0 Å². The van der Waals surface area contributed by atoms with Gasteiger partial charge in [-0.1, -0.05) is 84.0 Å². The van der Waals surface area contributed by atoms with Crippen molar-refractivity contribution >= 4 is 10.1 Å². The first-order valence-electron chi connectivity index (χ1n) is 10.0. The van der Waals surface area contributed by atoms with Gasteiger partial charge in [0.05, 0.1) is 16.2 Å². The fourth-order valence-corrected chi connectivity index (χ4v) is 4.01. The average molecular weight is 387 g/mol. The van der Waals surface area contributed by atoms with Crippen molar-refractivity contribution in [3.8, 4) is 0 Å². The van der Waals surface area contributed by atoms with Crippen LogP contribution in [0.25, 0.3) is 0 Å². The maximum Gasteiger partial charge on any atom is 1.00 e. The quantitative estimate of drug-likeness (QED) is 0.236. The maximum atomic E-state index is 11.3. The molecule has 0 aliphatic rings. The summed E-state index contributed by atoms with van der Waals surface area (Å²) in [4.78, 5) is 0. The van der Waals surface area contributed by atoms with E-state index in [4.69, 9.17) is 5.11 Å². The van der Waals surface area contributed by atoms with E-state index in [0.29, 0.717) is 12.8 Å². The summed E-state index contributed by atoms with van der Waals surface area (Å²) in [6.07, 6.45) is 14.8. The number of hydrogen-bond acceptors (Lipinski definition) is 4. The van der Waals surface area contributed by atoms with E-state index < -0.39 is 15.4 Å². The van der Waals surface area contributed by atoms with Gasteiger partial charge in [-0.3, -0.25) is 0 Å². The Morgan fingerprint density at radius 3 is 1.48 bits per heavy atom. The molecule has 0 rings (SSSR count). The predicted molar refractivity (Wildman–Crippen MR) is 100 cm³/mol. The molecular formula is C19H39NaO4S. The van der Waals surface area contributed by atoms with Crippen LogP contribution in [0.5, 0.6) is 0 Å². The Labute approximate surface area is 178 Å². The molecular weight excluding hydrogens is 347 g/mol. The molecule has 0 aromatic carbocycles. The first-order valence-corrected chi connectivity index (χ1v) is 11.5. The molecule has 0 saturated heterocycles. The second-order valence-corrected chi connectivity index (χ2v) is 8.87. The fraction of sp³-hybridized carbons (Fsp3) is 1.00. The SMILES string of the molecule is CCCCCCC(CCCCCCCCCCC(C)O)S(=O)(=O)[O-].[Na+]. The molecule has 25 heavy (non-hydrogen) atoms. The Morgan fingerprint density at radius 2 is 1.12 bits per heavy atom. The van der Waals surface area contributed by atoms with Crippen LogP contribution in [0.3, 0.4) is 0 Å². The molecule has 0 fully saturated rings. The molecule has 0 aliphatic carbocycles. The average Bonchev–Trinajstić information content (AvgIpc) is 2.49. The third-order valence-electron chi connectivity index (χ3n) is 4.69. The molecule has 0 spiro atoms. The zero-order valence-electron chi connectivity index (χ0n) is 16.8. The minimum Gasteiger partial charge on any atom is -0.748 e. The first kappa shape index (κ1) is 28.1. The van der Waals surface area contributed by atoms with Crippen molar-refractivity contribution in [1.29, 1.82) is 0 Å². The van der Waals surface area contributed by atoms with E-state index in [2.05, 4.69) is 6.92 Å². The van der Waals surface area contributed by atoms with E-state index in [9.17, 15) is 13.0 Å². The Morgan fingerprint density at radius 1 is 0.760 bits per heavy atom. The number of aliphatic hydroxyl groups is 1. The van der Waals surface area contributed by atoms with E-state index >= 15 is 0 Å². The summed E-state index contributed by atoms with van der Waals surface area (Å²) in [6.45, 7) is 3.95. The second-order valence-electron chi connectivity index (χ2n) is 7.22. The van der Waals surface area contributed by atoms with Gasteiger partial charge in [0.15, 0.2) is 0 Å². The van der Waals surface area contributed by atoms with Crippen LogP contribution in [-0.2, 0) is 10.1 Å². The largest absolute Gasteiger partial charge is 1.00 e. The molecule has 0 amide bonds. The van der Waals surface area contributed by atoms with Crippen LogP contribution in [0.2, 0.25) is 0 Å². The van der Waals surface area contributed by atoms with Crippen molar-refractivity contribution in [2.45, 2.75) is 122 Å². The molecule has 0 aromatic rings. The maximum absolute atomic E-state index is 11.3. The van der Waals surface area contributed by atoms with Crippen molar-refractivity contribution in [2.75, 3.05) is 0 Å². The van der Waals surface area contributed by atoms with Crippen LogP contribution in [0.15, 0.2) is 0 Å². The van der Waals surface area contributed by atoms with E-state index in [1.54, 1.807) is 0 Å². The molecule has 4 nitrogen and oxygen atoms in total. The summed E-state index contributed by atoms with van der Waals surface area (Å²) in [6, 6.07) is 0. The van der Waals surface area contributed by atoms with Gasteiger partial charge < -0.3 is 9.66 Å². The Hall–Kier alpha value is 0.870. The molecule has 6 heteroatoms. The standard InChI is InChI=1S/C19H40O4S.Na/c1-3-4-5-13-16-19(24(21,22)23)17-14-11-9-7-6-8-10-12-15-18(2)20;/h18-20H,3-17H2,1-2H3,(H,21,22,23);/q;+1/p-1. The molecule has 0 saturated carbocycles. The predicted octanol–water partition coefficient (Wildman–Crippen LogP) is 2.16. The summed E-state index contributed by atoms with van der Waals surface area (Å²) in [5.41, 5.74) is 0. The minimum absolute atomic E-state index is 0. The van der Waals surface area contributed by atoms with Crippen molar-refractivity contribution in [1.82, 2.24) is 0 Å². The van der Waals surface area contributed by atoms with Crippen molar-refractivity contribution in [2.24, 2.45) is 0 Å². The van der Waals surface area contributed by atoms with Gasteiger partial charge in [0.25, 0.3) is 0 Å². The summed E-state index contributed by atoms with van der Waals surface area (Å²) in [5, 5.41) is 8.50. The molecule has 0 aromatic heterocycles. The van der Waals surface area contributed by atoms with Crippen LogP contribution in [-0.4, -0.2) is 29.4 Å². The third-order valence-corrected chi connectivity index (χ3v) is 5.97. The van der Waals surface area contributed by atoms with E-state index in [1.165, 1.54) is 25.7 Å². The number of unbranched alkanes of at least 4 members (excludes halogenated alkanes) is 10. The molecule has 2 unspecified atom stereocenters. The molecule has 1 N–H and O–H groups in total. The fourth-order valence-electron chi connectivity index (χ4n) is 3.10. The van der Waals surface area contributed by atoms with E-state index in [1.807, 2.05) is 6.92 Å². The van der Waals surface area contributed by atoms with Crippen LogP contribution in [0, 0.1) is 0 Å². The van der Waals surface area contributed by atoms with Gasteiger partial charge in [-0.15, -0.1) is 0 Å². The second kappa shape index (κ2) is 18.2. The smallest absolute Gasteiger partial charge is 0.748 e. The first-order chi connectivity index (χ1) is 11.4. The topological polar surface area (TPSA) is 77.4 Å². The Kier molecular flexibility index (Phi) is 20.5. The van der Waals surface area contributed by atoms with Gasteiger partial charge in [0.2, 0.25) is 0 Å². The number of hydrogen-bond donors (Lipinski definition) is 1. The zero-order valence-corrected chi connectivity index (χ0v) is 19.7. The van der Waals surface area contributed by atoms with E-state index in [0.717, 1.165) is 57.8 Å². The monoisotopic (exact) mass is 386 g/mol. The molecule has 146 valence electrons. The Balaban J connectivity index is 0. The van der Waals surface area contributed by atoms with Gasteiger partial charge in [0.1, 0.15) is 0 Å². The van der Waals surface area contributed by atoms with Gasteiger partial charge >= 0.3 is 29.6 Å². The molecule has 0 radical (unpaired) electrons. The van der Waals surface area contributed by atoms with Gasteiger partial charge in [-0.25, -0.2) is 8.42 Å². The van der Waals surface area contributed by atoms with Gasteiger partial charge in [-0.2, -0.15) is 0 Å². The third kappa shape index (κ3) is 19.4. The summed E-state index contributed by atoms with van der Waals surface area (Å²) < 4.78 is 34.0. The van der Waals surface area contributed by atoms with Crippen molar-refractivity contribution in [3.05, 3.63) is 0 Å². The van der Waals surface area contributed by atoms with Crippen LogP contribution < -0.4 is 29.6 Å².